The minimum atomic E-state index is -0.479. The molecule has 3 aliphatic heterocycles. The maximum Gasteiger partial charge on any atom is 0.264 e. The topological polar surface area (TPSA) is 109 Å². The molecule has 67 heavy (non-hydrogen) atoms. The Bertz CT molecular complexity index is 2570. The molecule has 1 aromatic heterocycles. The van der Waals surface area contributed by atoms with E-state index in [-0.39, 0.29) is 41.0 Å². The summed E-state index contributed by atoms with van der Waals surface area (Å²) in [6.07, 6.45) is 35.2. The van der Waals surface area contributed by atoms with E-state index in [0.29, 0.717) is 73.7 Å². The number of unbranched alkanes of at least 4 members (excludes halogenated alkanes) is 16. The Morgan fingerprint density at radius 1 is 0.522 bits per heavy atom. The van der Waals surface area contributed by atoms with Gasteiger partial charge in [0.15, 0.2) is 0 Å². The summed E-state index contributed by atoms with van der Waals surface area (Å²) in [7, 11) is 0. The van der Waals surface area contributed by atoms with E-state index in [1.54, 1.807) is 16.7 Å². The number of rotatable bonds is 28. The van der Waals surface area contributed by atoms with Crippen LogP contribution < -0.4 is 11.0 Å². The third-order valence-corrected chi connectivity index (χ3v) is 15.7. The zero-order valence-electron chi connectivity index (χ0n) is 41.1. The Kier molecular flexibility index (Phi) is 16.3. The summed E-state index contributed by atoms with van der Waals surface area (Å²) in [4.78, 5) is 81.1. The van der Waals surface area contributed by atoms with Gasteiger partial charge in [-0.2, -0.15) is 0 Å². The van der Waals surface area contributed by atoms with Gasteiger partial charge in [-0.1, -0.05) is 168 Å². The molecule has 4 amide bonds. The van der Waals surface area contributed by atoms with Crippen LogP contribution in [0.4, 0.5) is 0 Å². The number of fused-ring (bicyclic) bond motifs is 3. The van der Waals surface area contributed by atoms with Crippen molar-refractivity contribution < 1.29 is 19.2 Å². The van der Waals surface area contributed by atoms with Gasteiger partial charge in [0.2, 0.25) is 0 Å². The number of benzene rings is 2. The van der Waals surface area contributed by atoms with Crippen LogP contribution >= 0.6 is 0 Å². The van der Waals surface area contributed by atoms with Gasteiger partial charge in [0.1, 0.15) is 5.49 Å². The van der Waals surface area contributed by atoms with Crippen LogP contribution in [0.2, 0.25) is 0 Å². The molecule has 4 unspecified atom stereocenters. The molecule has 0 saturated carbocycles. The quantitative estimate of drug-likeness (QED) is 0.0532. The molecule has 3 aromatic rings. The van der Waals surface area contributed by atoms with E-state index in [1.807, 2.05) is 36.4 Å². The monoisotopic (exact) mass is 909 g/mol. The van der Waals surface area contributed by atoms with Gasteiger partial charge in [0.25, 0.3) is 29.2 Å². The number of allylic oxidation sites excluding steroid dienone is 2. The molecule has 4 heterocycles. The molecule has 9 nitrogen and oxygen atoms in total. The first-order valence-electron chi connectivity index (χ1n) is 26.8. The maximum atomic E-state index is 14.9. The highest BCUT2D eigenvalue weighted by atomic mass is 16.2. The molecule has 358 valence electrons. The van der Waals surface area contributed by atoms with Gasteiger partial charge in [0, 0.05) is 62.6 Å². The third-order valence-electron chi connectivity index (χ3n) is 15.7. The van der Waals surface area contributed by atoms with Gasteiger partial charge in [-0.15, -0.1) is 0 Å². The fraction of sp³-hybridized carbons (Fsp3) is 0.586. The average Bonchev–Trinajstić information content (AvgIpc) is 3.34. The molecule has 5 aliphatic rings. The van der Waals surface area contributed by atoms with E-state index in [0.717, 1.165) is 70.6 Å². The van der Waals surface area contributed by atoms with Crippen molar-refractivity contribution in [1.82, 2.24) is 14.4 Å². The van der Waals surface area contributed by atoms with Crippen molar-refractivity contribution in [2.45, 2.75) is 188 Å². The Balaban J connectivity index is 1.08. The lowest BCUT2D eigenvalue weighted by Gasteiger charge is -2.42. The van der Waals surface area contributed by atoms with Crippen LogP contribution in [0.15, 0.2) is 75.1 Å². The molecule has 2 aromatic carbocycles. The lowest BCUT2D eigenvalue weighted by Crippen LogP contribution is -2.51. The standard InChI is InChI=1S/C58H76N4O5/c1-5-9-13-17-19-23-27-39(25-21-15-11-7-3)37-60-54(63)42-30-29-41-49-46(32-31-43(50(42)49)55(60)64)58(67)62-48-36-34-45-51-44(33-35-47(52(48)51)59-53(41)62)56(65)61(57(45)66)38-40(26-22-16-12-8-4)28-24-20-18-14-10-6-2/h29-36,39-40,47,52H,5-28,37-38H2,1-4H3. The summed E-state index contributed by atoms with van der Waals surface area (Å²) in [5, 5.41) is 2.23. The first-order valence-corrected chi connectivity index (χ1v) is 26.8. The number of aromatic nitrogens is 1. The largest absolute Gasteiger partial charge is 0.274 e. The molecular weight excluding hydrogens is 833 g/mol. The Morgan fingerprint density at radius 3 is 1.54 bits per heavy atom. The van der Waals surface area contributed by atoms with E-state index >= 15 is 0 Å². The molecule has 2 aliphatic carbocycles. The summed E-state index contributed by atoms with van der Waals surface area (Å²) in [6, 6.07) is 6.74. The normalized spacial score (nSPS) is 19.3. The SMILES string of the molecule is CCCCCCCCC(CCCCCC)CN1C(=O)C2=CC=C3C4C2=C(C=CC4N=c2c4ccc5c6c(ccc(c(=O)n23)c64)C(=O)N(CC(CCCCCC)CCCCCCCC)C5=O)C1=O. The van der Waals surface area contributed by atoms with Crippen molar-refractivity contribution in [3.8, 4) is 0 Å². The second-order valence-electron chi connectivity index (χ2n) is 20.5. The number of carbonyl (C=O) groups excluding carboxylic acids is 4. The molecule has 0 fully saturated rings. The fourth-order valence-corrected chi connectivity index (χ4v) is 11.9. The highest BCUT2D eigenvalue weighted by Crippen LogP contribution is 2.46. The molecule has 0 saturated heterocycles. The third kappa shape index (κ3) is 9.86. The number of nitrogens with zero attached hydrogens (tertiary/aromatic N) is 4. The molecule has 0 radical (unpaired) electrons. The fourth-order valence-electron chi connectivity index (χ4n) is 11.9. The van der Waals surface area contributed by atoms with Crippen molar-refractivity contribution in [2.75, 3.05) is 13.1 Å². The highest BCUT2D eigenvalue weighted by molar-refractivity contribution is 6.30. The Labute approximate surface area is 398 Å². The lowest BCUT2D eigenvalue weighted by molar-refractivity contribution is -0.141. The van der Waals surface area contributed by atoms with Gasteiger partial charge in [-0.25, -0.2) is 0 Å². The van der Waals surface area contributed by atoms with Crippen molar-refractivity contribution in [3.63, 3.8) is 0 Å². The molecule has 0 spiro atoms. The summed E-state index contributed by atoms with van der Waals surface area (Å²) in [5.41, 5.74) is 3.44. The highest BCUT2D eigenvalue weighted by Gasteiger charge is 2.47. The zero-order valence-corrected chi connectivity index (χ0v) is 41.1. The van der Waals surface area contributed by atoms with Gasteiger partial charge in [-0.3, -0.25) is 43.3 Å². The Hall–Kier alpha value is -4.92. The van der Waals surface area contributed by atoms with E-state index in [4.69, 9.17) is 4.99 Å². The summed E-state index contributed by atoms with van der Waals surface area (Å²) in [6.45, 7) is 9.73. The van der Waals surface area contributed by atoms with Gasteiger partial charge in [0.05, 0.1) is 12.0 Å². The lowest BCUT2D eigenvalue weighted by atomic mass is 9.72. The van der Waals surface area contributed by atoms with Crippen LogP contribution in [0.1, 0.15) is 203 Å². The zero-order chi connectivity index (χ0) is 47.0. The molecule has 4 atom stereocenters. The summed E-state index contributed by atoms with van der Waals surface area (Å²) >= 11 is 0. The number of hydrogen-bond acceptors (Lipinski definition) is 6. The van der Waals surface area contributed by atoms with Gasteiger partial charge in [-0.05, 0) is 79.5 Å². The molecule has 9 heteroatoms. The minimum absolute atomic E-state index is 0.243. The van der Waals surface area contributed by atoms with E-state index in [9.17, 15) is 24.0 Å². The molecule has 0 bridgehead atoms. The summed E-state index contributed by atoms with van der Waals surface area (Å²) in [5.74, 6) is -1.08. The van der Waals surface area contributed by atoms with Crippen LogP contribution in [-0.2, 0) is 9.59 Å². The van der Waals surface area contributed by atoms with Crippen molar-refractivity contribution in [3.05, 3.63) is 92.3 Å². The summed E-state index contributed by atoms with van der Waals surface area (Å²) < 4.78 is 1.65. The van der Waals surface area contributed by atoms with Gasteiger partial charge >= 0.3 is 0 Å². The predicted octanol–water partition coefficient (Wildman–Crippen LogP) is 12.8. The van der Waals surface area contributed by atoms with Crippen molar-refractivity contribution in [1.29, 1.82) is 0 Å². The van der Waals surface area contributed by atoms with Crippen LogP contribution in [0.3, 0.4) is 0 Å². The number of hydrogen-bond donors (Lipinski definition) is 0. The van der Waals surface area contributed by atoms with E-state index in [1.165, 1.54) is 93.3 Å². The first kappa shape index (κ1) is 48.5. The average molecular weight is 909 g/mol. The molecule has 0 N–H and O–H groups in total. The second kappa shape index (κ2) is 22.5. The van der Waals surface area contributed by atoms with Crippen LogP contribution in [0.25, 0.3) is 27.2 Å². The van der Waals surface area contributed by atoms with Crippen LogP contribution in [0.5, 0.6) is 0 Å². The van der Waals surface area contributed by atoms with Gasteiger partial charge < -0.3 is 0 Å². The number of pyridine rings is 1. The maximum absolute atomic E-state index is 14.9. The molecule has 8 rings (SSSR count). The second-order valence-corrected chi connectivity index (χ2v) is 20.5. The number of imide groups is 2. The Morgan fingerprint density at radius 2 is 1.00 bits per heavy atom. The minimum Gasteiger partial charge on any atom is -0.274 e. The predicted molar refractivity (Wildman–Crippen MR) is 271 cm³/mol. The van der Waals surface area contributed by atoms with Crippen LogP contribution in [0, 0.1) is 17.8 Å². The van der Waals surface area contributed by atoms with Crippen LogP contribution in [-0.4, -0.2) is 57.1 Å². The first-order chi connectivity index (χ1) is 32.7. The number of amides is 4. The number of carbonyl (C=O) groups is 4. The van der Waals surface area contributed by atoms with E-state index in [2.05, 4.69) is 27.7 Å². The van der Waals surface area contributed by atoms with Crippen molar-refractivity contribution >= 4 is 50.9 Å². The van der Waals surface area contributed by atoms with E-state index < -0.39 is 12.0 Å². The van der Waals surface area contributed by atoms with Crippen molar-refractivity contribution in [2.24, 2.45) is 22.7 Å². The smallest absolute Gasteiger partial charge is 0.264 e. The molecular formula is C58H76N4O5.